The molecule has 1 fully saturated rings. The van der Waals surface area contributed by atoms with Crippen LogP contribution in [0.15, 0.2) is 0 Å². The van der Waals surface area contributed by atoms with E-state index in [-0.39, 0.29) is 30.6 Å². The SMILES string of the molecule is COCC(C)OC(=O)CC1CCC(=O)O1. The van der Waals surface area contributed by atoms with Crippen LogP contribution in [0.1, 0.15) is 26.2 Å². The van der Waals surface area contributed by atoms with Crippen molar-refractivity contribution in [3.63, 3.8) is 0 Å². The van der Waals surface area contributed by atoms with Gasteiger partial charge >= 0.3 is 11.9 Å². The fraction of sp³-hybridized carbons (Fsp3) is 0.800. The van der Waals surface area contributed by atoms with Crippen LogP contribution in [-0.2, 0) is 23.8 Å². The van der Waals surface area contributed by atoms with Gasteiger partial charge in [0.25, 0.3) is 0 Å². The van der Waals surface area contributed by atoms with Gasteiger partial charge in [-0.2, -0.15) is 0 Å². The van der Waals surface area contributed by atoms with Crippen molar-refractivity contribution in [3.05, 3.63) is 0 Å². The van der Waals surface area contributed by atoms with Gasteiger partial charge < -0.3 is 14.2 Å². The number of rotatable bonds is 5. The van der Waals surface area contributed by atoms with Gasteiger partial charge in [-0.25, -0.2) is 0 Å². The zero-order chi connectivity index (χ0) is 11.3. The lowest BCUT2D eigenvalue weighted by atomic mass is 10.2. The normalized spacial score (nSPS) is 22.3. The molecule has 2 atom stereocenters. The number of carbonyl (C=O) groups is 2. The van der Waals surface area contributed by atoms with Gasteiger partial charge in [0.05, 0.1) is 13.0 Å². The highest BCUT2D eigenvalue weighted by Gasteiger charge is 2.26. The van der Waals surface area contributed by atoms with Crippen molar-refractivity contribution in [3.8, 4) is 0 Å². The Morgan fingerprint density at radius 3 is 2.93 bits per heavy atom. The summed E-state index contributed by atoms with van der Waals surface area (Å²) in [6, 6.07) is 0. The maximum absolute atomic E-state index is 11.3. The quantitative estimate of drug-likeness (QED) is 0.632. The van der Waals surface area contributed by atoms with Crippen molar-refractivity contribution in [1.82, 2.24) is 0 Å². The molecule has 1 heterocycles. The minimum absolute atomic E-state index is 0.139. The van der Waals surface area contributed by atoms with E-state index in [1.165, 1.54) is 0 Å². The summed E-state index contributed by atoms with van der Waals surface area (Å²) in [7, 11) is 1.54. The first-order valence-electron chi connectivity index (χ1n) is 4.99. The van der Waals surface area contributed by atoms with E-state index in [2.05, 4.69) is 0 Å². The van der Waals surface area contributed by atoms with Gasteiger partial charge in [0.1, 0.15) is 12.2 Å². The van der Waals surface area contributed by atoms with Crippen LogP contribution in [0.2, 0.25) is 0 Å². The van der Waals surface area contributed by atoms with Crippen LogP contribution in [0.5, 0.6) is 0 Å². The predicted molar refractivity (Wildman–Crippen MR) is 51.2 cm³/mol. The topological polar surface area (TPSA) is 61.8 Å². The number of carbonyl (C=O) groups excluding carboxylic acids is 2. The second-order valence-corrected chi connectivity index (χ2v) is 3.61. The van der Waals surface area contributed by atoms with Gasteiger partial charge in [-0.1, -0.05) is 0 Å². The maximum Gasteiger partial charge on any atom is 0.309 e. The van der Waals surface area contributed by atoms with Crippen LogP contribution in [0.3, 0.4) is 0 Å². The summed E-state index contributed by atoms with van der Waals surface area (Å²) in [5.41, 5.74) is 0. The molecular formula is C10H16O5. The molecule has 5 heteroatoms. The molecular weight excluding hydrogens is 200 g/mol. The van der Waals surface area contributed by atoms with Gasteiger partial charge in [-0.05, 0) is 13.3 Å². The van der Waals surface area contributed by atoms with E-state index in [1.807, 2.05) is 0 Å². The summed E-state index contributed by atoms with van der Waals surface area (Å²) in [6.45, 7) is 2.12. The molecule has 86 valence electrons. The van der Waals surface area contributed by atoms with E-state index in [0.29, 0.717) is 19.4 Å². The highest BCUT2D eigenvalue weighted by Crippen LogP contribution is 2.17. The Balaban J connectivity index is 2.21. The Kier molecular flexibility index (Phi) is 4.55. The molecule has 0 aliphatic carbocycles. The number of hydrogen-bond acceptors (Lipinski definition) is 5. The van der Waals surface area contributed by atoms with Crippen LogP contribution in [-0.4, -0.2) is 37.9 Å². The van der Waals surface area contributed by atoms with Crippen molar-refractivity contribution in [2.75, 3.05) is 13.7 Å². The van der Waals surface area contributed by atoms with Gasteiger partial charge in [0, 0.05) is 13.5 Å². The fourth-order valence-corrected chi connectivity index (χ4v) is 1.45. The van der Waals surface area contributed by atoms with Crippen LogP contribution >= 0.6 is 0 Å². The molecule has 5 nitrogen and oxygen atoms in total. The third-order valence-electron chi connectivity index (χ3n) is 2.10. The highest BCUT2D eigenvalue weighted by atomic mass is 16.6. The van der Waals surface area contributed by atoms with Crippen molar-refractivity contribution >= 4 is 11.9 Å². The van der Waals surface area contributed by atoms with Crippen LogP contribution in [0, 0.1) is 0 Å². The first-order valence-corrected chi connectivity index (χ1v) is 4.99. The van der Waals surface area contributed by atoms with E-state index in [4.69, 9.17) is 14.2 Å². The predicted octanol–water partition coefficient (Wildman–Crippen LogP) is 0.660. The molecule has 0 saturated carbocycles. The van der Waals surface area contributed by atoms with Crippen molar-refractivity contribution < 1.29 is 23.8 Å². The zero-order valence-corrected chi connectivity index (χ0v) is 9.02. The number of cyclic esters (lactones) is 1. The smallest absolute Gasteiger partial charge is 0.309 e. The average molecular weight is 216 g/mol. The van der Waals surface area contributed by atoms with Gasteiger partial charge in [0.15, 0.2) is 0 Å². The largest absolute Gasteiger partial charge is 0.462 e. The molecule has 0 amide bonds. The molecule has 1 aliphatic heterocycles. The van der Waals surface area contributed by atoms with E-state index < -0.39 is 0 Å². The lowest BCUT2D eigenvalue weighted by Gasteiger charge is -2.13. The summed E-state index contributed by atoms with van der Waals surface area (Å²) in [6.07, 6.45) is 0.567. The molecule has 0 spiro atoms. The summed E-state index contributed by atoms with van der Waals surface area (Å²) in [5, 5.41) is 0. The summed E-state index contributed by atoms with van der Waals surface area (Å²) < 4.78 is 14.8. The van der Waals surface area contributed by atoms with Crippen molar-refractivity contribution in [2.45, 2.75) is 38.4 Å². The molecule has 1 rings (SSSR count). The number of hydrogen-bond donors (Lipinski definition) is 0. The lowest BCUT2D eigenvalue weighted by molar-refractivity contribution is -0.154. The number of methoxy groups -OCH3 is 1. The molecule has 1 aliphatic rings. The minimum Gasteiger partial charge on any atom is -0.462 e. The standard InChI is InChI=1S/C10H16O5/c1-7(6-13-2)14-10(12)5-8-3-4-9(11)15-8/h7-8H,3-6H2,1-2H3. The summed E-state index contributed by atoms with van der Waals surface area (Å²) in [4.78, 5) is 22.1. The summed E-state index contributed by atoms with van der Waals surface area (Å²) in [5.74, 6) is -0.586. The van der Waals surface area contributed by atoms with Gasteiger partial charge in [0.2, 0.25) is 0 Å². The zero-order valence-electron chi connectivity index (χ0n) is 9.02. The van der Waals surface area contributed by atoms with Crippen LogP contribution < -0.4 is 0 Å². The highest BCUT2D eigenvalue weighted by molar-refractivity contribution is 5.74. The molecule has 15 heavy (non-hydrogen) atoms. The molecule has 0 N–H and O–H groups in total. The van der Waals surface area contributed by atoms with Crippen LogP contribution in [0.4, 0.5) is 0 Å². The second-order valence-electron chi connectivity index (χ2n) is 3.61. The molecule has 2 unspecified atom stereocenters. The second kappa shape index (κ2) is 5.70. The van der Waals surface area contributed by atoms with Crippen LogP contribution in [0.25, 0.3) is 0 Å². The molecule has 0 radical (unpaired) electrons. The third kappa shape index (κ3) is 4.29. The van der Waals surface area contributed by atoms with E-state index in [9.17, 15) is 9.59 Å². The molecule has 0 bridgehead atoms. The monoisotopic (exact) mass is 216 g/mol. The van der Waals surface area contributed by atoms with E-state index >= 15 is 0 Å². The first-order chi connectivity index (χ1) is 7.11. The third-order valence-corrected chi connectivity index (χ3v) is 2.10. The Bertz CT molecular complexity index is 238. The number of esters is 2. The first kappa shape index (κ1) is 12.0. The molecule has 0 aromatic rings. The van der Waals surface area contributed by atoms with Crippen molar-refractivity contribution in [2.24, 2.45) is 0 Å². The van der Waals surface area contributed by atoms with Crippen molar-refractivity contribution in [1.29, 1.82) is 0 Å². The van der Waals surface area contributed by atoms with E-state index in [0.717, 1.165) is 0 Å². The summed E-state index contributed by atoms with van der Waals surface area (Å²) >= 11 is 0. The fourth-order valence-electron chi connectivity index (χ4n) is 1.45. The number of ether oxygens (including phenoxy) is 3. The Labute approximate surface area is 88.7 Å². The Morgan fingerprint density at radius 2 is 2.40 bits per heavy atom. The molecule has 0 aromatic heterocycles. The maximum atomic E-state index is 11.3. The van der Waals surface area contributed by atoms with Gasteiger partial charge in [-0.3, -0.25) is 9.59 Å². The minimum atomic E-state index is -0.348. The molecule has 0 aromatic carbocycles. The Morgan fingerprint density at radius 1 is 1.67 bits per heavy atom. The van der Waals surface area contributed by atoms with E-state index in [1.54, 1.807) is 14.0 Å². The molecule has 1 saturated heterocycles. The average Bonchev–Trinajstić information content (AvgIpc) is 2.51. The Hall–Kier alpha value is -1.10. The van der Waals surface area contributed by atoms with Gasteiger partial charge in [-0.15, -0.1) is 0 Å². The lowest BCUT2D eigenvalue weighted by Crippen LogP contribution is -2.23.